The molecular formula is C27H24BrN3O2. The molecule has 0 radical (unpaired) electrons. The van der Waals surface area contributed by atoms with Crippen LogP contribution in [0.2, 0.25) is 0 Å². The van der Waals surface area contributed by atoms with Gasteiger partial charge in [0.2, 0.25) is 6.04 Å². The molecule has 33 heavy (non-hydrogen) atoms. The molecule has 0 bridgehead atoms. The molecule has 5 rings (SSSR count). The number of nitro groups is 1. The van der Waals surface area contributed by atoms with Crippen molar-refractivity contribution in [2.24, 2.45) is 0 Å². The lowest BCUT2D eigenvalue weighted by molar-refractivity contribution is -0.539. The van der Waals surface area contributed by atoms with Crippen molar-refractivity contribution in [2.45, 2.75) is 31.0 Å². The summed E-state index contributed by atoms with van der Waals surface area (Å²) in [6.45, 7) is 1.38. The molecule has 4 aromatic rings. The molecule has 0 saturated carbocycles. The van der Waals surface area contributed by atoms with Gasteiger partial charge in [0.05, 0.1) is 5.92 Å². The van der Waals surface area contributed by atoms with Gasteiger partial charge >= 0.3 is 0 Å². The van der Waals surface area contributed by atoms with Gasteiger partial charge in [-0.1, -0.05) is 82.7 Å². The number of benzene rings is 3. The summed E-state index contributed by atoms with van der Waals surface area (Å²) in [5.74, 6) is -0.190. The average Bonchev–Trinajstić information content (AvgIpc) is 2.84. The lowest BCUT2D eigenvalue weighted by atomic mass is 9.77. The summed E-state index contributed by atoms with van der Waals surface area (Å²) in [5, 5.41) is 14.9. The summed E-state index contributed by atoms with van der Waals surface area (Å²) in [4.78, 5) is 19.2. The molecule has 166 valence electrons. The second-order valence-electron chi connectivity index (χ2n) is 8.54. The van der Waals surface area contributed by atoms with Crippen LogP contribution in [0.3, 0.4) is 0 Å². The Labute approximate surface area is 201 Å². The largest absolute Gasteiger partial charge is 0.286 e. The molecule has 0 amide bonds. The molecular weight excluding hydrogens is 478 g/mol. The van der Waals surface area contributed by atoms with Crippen molar-refractivity contribution < 1.29 is 4.92 Å². The summed E-state index contributed by atoms with van der Waals surface area (Å²) in [5.41, 5.74) is 3.07. The third kappa shape index (κ3) is 4.28. The molecule has 0 N–H and O–H groups in total. The van der Waals surface area contributed by atoms with Crippen molar-refractivity contribution in [3.63, 3.8) is 0 Å². The predicted octanol–water partition coefficient (Wildman–Crippen LogP) is 6.37. The minimum absolute atomic E-state index is 0.0635. The van der Waals surface area contributed by atoms with Crippen LogP contribution in [0, 0.1) is 10.1 Å². The fraction of sp³-hybridized carbons (Fsp3) is 0.222. The fourth-order valence-corrected chi connectivity index (χ4v) is 5.80. The summed E-state index contributed by atoms with van der Waals surface area (Å²) in [7, 11) is 0. The Morgan fingerprint density at radius 2 is 1.73 bits per heavy atom. The Kier molecular flexibility index (Phi) is 6.20. The van der Waals surface area contributed by atoms with Crippen molar-refractivity contribution >= 4 is 26.7 Å². The number of nitrogens with zero attached hydrogens (tertiary/aromatic N) is 3. The minimum atomic E-state index is -0.778. The maximum Gasteiger partial charge on any atom is 0.239 e. The Balaban J connectivity index is 1.66. The number of likely N-dealkylation sites (tertiary alicyclic amines) is 1. The Morgan fingerprint density at radius 3 is 2.52 bits per heavy atom. The third-order valence-electron chi connectivity index (χ3n) is 6.66. The molecule has 6 heteroatoms. The number of rotatable bonds is 5. The number of aromatic nitrogens is 1. The van der Waals surface area contributed by atoms with E-state index < -0.39 is 6.04 Å². The standard InChI is InChI=1S/C27H24BrN3O2/c28-25-13-4-3-11-22(25)24-14-16-30(18-19-7-6-15-29-17-19)26(27(24)31(32)33)23-12-5-9-20-8-1-2-10-21(20)23/h1-13,15,17,24,26-27H,14,16,18H2. The van der Waals surface area contributed by atoms with E-state index in [0.29, 0.717) is 6.54 Å². The highest BCUT2D eigenvalue weighted by molar-refractivity contribution is 9.10. The van der Waals surface area contributed by atoms with E-state index in [0.717, 1.165) is 44.9 Å². The topological polar surface area (TPSA) is 59.3 Å². The number of hydrogen-bond acceptors (Lipinski definition) is 4. The summed E-state index contributed by atoms with van der Waals surface area (Å²) >= 11 is 3.65. The van der Waals surface area contributed by atoms with Crippen LogP contribution in [0.5, 0.6) is 0 Å². The molecule has 1 aliphatic rings. The van der Waals surface area contributed by atoms with Gasteiger partial charge in [-0.25, -0.2) is 0 Å². The van der Waals surface area contributed by atoms with E-state index in [1.807, 2.05) is 60.8 Å². The second-order valence-corrected chi connectivity index (χ2v) is 9.39. The van der Waals surface area contributed by atoms with Crippen molar-refractivity contribution in [3.05, 3.63) is 123 Å². The molecule has 3 atom stereocenters. The molecule has 1 aliphatic heterocycles. The van der Waals surface area contributed by atoms with Crippen LogP contribution in [-0.2, 0) is 6.54 Å². The zero-order valence-corrected chi connectivity index (χ0v) is 19.6. The normalized spacial score (nSPS) is 21.2. The van der Waals surface area contributed by atoms with Crippen LogP contribution in [0.4, 0.5) is 0 Å². The van der Waals surface area contributed by atoms with E-state index >= 15 is 0 Å². The molecule has 1 saturated heterocycles. The number of fused-ring (bicyclic) bond motifs is 1. The molecule has 3 aromatic carbocycles. The van der Waals surface area contributed by atoms with E-state index in [2.05, 4.69) is 50.1 Å². The van der Waals surface area contributed by atoms with E-state index in [1.165, 1.54) is 0 Å². The maximum atomic E-state index is 12.7. The van der Waals surface area contributed by atoms with Gasteiger partial charge in [-0.15, -0.1) is 0 Å². The van der Waals surface area contributed by atoms with E-state index in [9.17, 15) is 10.1 Å². The summed E-state index contributed by atoms with van der Waals surface area (Å²) in [6, 6.07) is 25.0. The predicted molar refractivity (Wildman–Crippen MR) is 134 cm³/mol. The highest BCUT2D eigenvalue weighted by Gasteiger charge is 2.48. The van der Waals surface area contributed by atoms with Gasteiger partial charge < -0.3 is 0 Å². The molecule has 5 nitrogen and oxygen atoms in total. The third-order valence-corrected chi connectivity index (χ3v) is 7.38. The van der Waals surface area contributed by atoms with Crippen LogP contribution in [0.25, 0.3) is 10.8 Å². The first-order valence-corrected chi connectivity index (χ1v) is 11.9. The number of hydrogen-bond donors (Lipinski definition) is 0. The van der Waals surface area contributed by atoms with E-state index in [-0.39, 0.29) is 16.9 Å². The van der Waals surface area contributed by atoms with Gasteiger partial charge in [-0.05, 0) is 46.0 Å². The van der Waals surface area contributed by atoms with Gasteiger partial charge in [0.15, 0.2) is 0 Å². The van der Waals surface area contributed by atoms with Crippen LogP contribution in [-0.4, -0.2) is 27.4 Å². The van der Waals surface area contributed by atoms with Crippen molar-refractivity contribution in [2.75, 3.05) is 6.54 Å². The zero-order chi connectivity index (χ0) is 22.8. The lowest BCUT2D eigenvalue weighted by Gasteiger charge is -2.42. The molecule has 0 aliphatic carbocycles. The summed E-state index contributed by atoms with van der Waals surface area (Å²) in [6.07, 6.45) is 4.32. The number of halogens is 1. The van der Waals surface area contributed by atoms with Crippen molar-refractivity contribution in [1.29, 1.82) is 0 Å². The smallest absolute Gasteiger partial charge is 0.239 e. The molecule has 3 unspecified atom stereocenters. The quantitative estimate of drug-likeness (QED) is 0.235. The second kappa shape index (κ2) is 9.41. The zero-order valence-electron chi connectivity index (χ0n) is 18.0. The first-order chi connectivity index (χ1) is 16.1. The lowest BCUT2D eigenvalue weighted by Crippen LogP contribution is -2.49. The minimum Gasteiger partial charge on any atom is -0.286 e. The Hall–Kier alpha value is -3.09. The Bertz CT molecular complexity index is 1280. The molecule has 2 heterocycles. The number of pyridine rings is 1. The van der Waals surface area contributed by atoms with Crippen LogP contribution < -0.4 is 0 Å². The van der Waals surface area contributed by atoms with Crippen molar-refractivity contribution in [3.8, 4) is 0 Å². The van der Waals surface area contributed by atoms with Gasteiger partial charge in [0, 0.05) is 34.9 Å². The van der Waals surface area contributed by atoms with Crippen LogP contribution in [0.1, 0.15) is 35.1 Å². The van der Waals surface area contributed by atoms with Gasteiger partial charge in [0.1, 0.15) is 6.04 Å². The Morgan fingerprint density at radius 1 is 0.970 bits per heavy atom. The van der Waals surface area contributed by atoms with E-state index in [4.69, 9.17) is 0 Å². The monoisotopic (exact) mass is 501 g/mol. The van der Waals surface area contributed by atoms with Gasteiger partial charge in [-0.3, -0.25) is 20.0 Å². The van der Waals surface area contributed by atoms with Crippen molar-refractivity contribution in [1.82, 2.24) is 9.88 Å². The first-order valence-electron chi connectivity index (χ1n) is 11.1. The molecule has 0 spiro atoms. The average molecular weight is 502 g/mol. The van der Waals surface area contributed by atoms with Crippen LogP contribution >= 0.6 is 15.9 Å². The molecule has 1 aromatic heterocycles. The maximum absolute atomic E-state index is 12.7. The highest BCUT2D eigenvalue weighted by atomic mass is 79.9. The van der Waals surface area contributed by atoms with Gasteiger partial charge in [0.25, 0.3) is 0 Å². The van der Waals surface area contributed by atoms with E-state index in [1.54, 1.807) is 6.20 Å². The fourth-order valence-electron chi connectivity index (χ4n) is 5.22. The first kappa shape index (κ1) is 21.7. The van der Waals surface area contributed by atoms with Crippen LogP contribution in [0.15, 0.2) is 95.7 Å². The number of piperidine rings is 1. The SMILES string of the molecule is O=[N+]([O-])C1C(c2ccccc2Br)CCN(Cc2cccnc2)C1c1cccc2ccccc12. The molecule has 1 fully saturated rings. The summed E-state index contributed by atoms with van der Waals surface area (Å²) < 4.78 is 0.930. The van der Waals surface area contributed by atoms with Gasteiger partial charge in [-0.2, -0.15) is 0 Å². The highest BCUT2D eigenvalue weighted by Crippen LogP contribution is 2.45.